The third-order valence-electron chi connectivity index (χ3n) is 4.05. The van der Waals surface area contributed by atoms with Gasteiger partial charge in [0.2, 0.25) is 0 Å². The summed E-state index contributed by atoms with van der Waals surface area (Å²) in [5.74, 6) is 0. The van der Waals surface area contributed by atoms with Crippen LogP contribution < -0.4 is 0 Å². The predicted molar refractivity (Wildman–Crippen MR) is 108 cm³/mol. The first-order valence-electron chi connectivity index (χ1n) is 7.98. The fourth-order valence-electron chi connectivity index (χ4n) is 2.87. The van der Waals surface area contributed by atoms with E-state index < -0.39 is 0 Å². The molecule has 3 heterocycles. The highest BCUT2D eigenvalue weighted by Crippen LogP contribution is 2.52. The minimum absolute atomic E-state index is 1.04. The third kappa shape index (κ3) is 2.80. The van der Waals surface area contributed by atoms with E-state index in [0.717, 1.165) is 5.69 Å². The van der Waals surface area contributed by atoms with Crippen molar-refractivity contribution < 1.29 is 0 Å². The number of hydrogen-bond donors (Lipinski definition) is 0. The van der Waals surface area contributed by atoms with Gasteiger partial charge in [0.1, 0.15) is 0 Å². The van der Waals surface area contributed by atoms with Gasteiger partial charge < -0.3 is 0 Å². The van der Waals surface area contributed by atoms with Gasteiger partial charge in [0.25, 0.3) is 0 Å². The molecule has 0 fully saturated rings. The van der Waals surface area contributed by atoms with Crippen molar-refractivity contribution in [2.45, 2.75) is 19.6 Å². The lowest BCUT2D eigenvalue weighted by molar-refractivity contribution is 1.16. The molecular formula is C21H13NS3. The fourth-order valence-corrected chi connectivity index (χ4v) is 6.34. The Labute approximate surface area is 159 Å². The first-order chi connectivity index (χ1) is 12.4. The van der Waals surface area contributed by atoms with E-state index in [1.54, 1.807) is 0 Å². The van der Waals surface area contributed by atoms with Gasteiger partial charge in [0, 0.05) is 36.2 Å². The molecule has 5 rings (SSSR count). The number of aromatic nitrogens is 1. The van der Waals surface area contributed by atoms with Crippen molar-refractivity contribution in [3.05, 3.63) is 79.0 Å². The molecule has 1 aliphatic rings. The summed E-state index contributed by atoms with van der Waals surface area (Å²) >= 11 is 5.55. The maximum Gasteiger partial charge on any atom is 0.0801 e. The van der Waals surface area contributed by atoms with Crippen LogP contribution in [0.25, 0.3) is 21.0 Å². The van der Waals surface area contributed by atoms with Gasteiger partial charge in [-0.05, 0) is 42.5 Å². The van der Waals surface area contributed by atoms with Crippen LogP contribution >= 0.6 is 34.9 Å². The highest BCUT2D eigenvalue weighted by Gasteiger charge is 2.20. The van der Waals surface area contributed by atoms with Gasteiger partial charge in [-0.25, -0.2) is 0 Å². The van der Waals surface area contributed by atoms with Crippen molar-refractivity contribution in [3.63, 3.8) is 0 Å². The van der Waals surface area contributed by atoms with Crippen molar-refractivity contribution in [1.82, 2.24) is 4.98 Å². The molecule has 0 aliphatic carbocycles. The summed E-state index contributed by atoms with van der Waals surface area (Å²) in [4.78, 5) is 12.4. The summed E-state index contributed by atoms with van der Waals surface area (Å²) < 4.78 is 0. The molecule has 0 N–H and O–H groups in total. The van der Waals surface area contributed by atoms with E-state index in [2.05, 4.69) is 65.6 Å². The Kier molecular flexibility index (Phi) is 3.89. The Balaban J connectivity index is 1.58. The SMILES string of the molecule is c1ccc(-c2ccc(-c3cccc4c3Sc3ccccc3S4)s2)nc1. The summed E-state index contributed by atoms with van der Waals surface area (Å²) in [6, 6.07) is 25.7. The van der Waals surface area contributed by atoms with Crippen LogP contribution in [0, 0.1) is 0 Å². The van der Waals surface area contributed by atoms with Gasteiger partial charge in [-0.1, -0.05) is 53.9 Å². The van der Waals surface area contributed by atoms with E-state index in [0.29, 0.717) is 0 Å². The molecule has 0 saturated carbocycles. The number of nitrogens with zero attached hydrogens (tertiary/aromatic N) is 1. The lowest BCUT2D eigenvalue weighted by Crippen LogP contribution is -1.91. The Morgan fingerprint density at radius 3 is 2.20 bits per heavy atom. The molecule has 0 saturated heterocycles. The zero-order chi connectivity index (χ0) is 16.6. The minimum atomic E-state index is 1.04. The van der Waals surface area contributed by atoms with E-state index in [9.17, 15) is 0 Å². The maximum absolute atomic E-state index is 4.47. The smallest absolute Gasteiger partial charge is 0.0801 e. The van der Waals surface area contributed by atoms with E-state index in [4.69, 9.17) is 0 Å². The molecule has 0 radical (unpaired) electrons. The van der Waals surface area contributed by atoms with Gasteiger partial charge in [-0.15, -0.1) is 11.3 Å². The van der Waals surface area contributed by atoms with Crippen LogP contribution in [0.5, 0.6) is 0 Å². The van der Waals surface area contributed by atoms with Crippen LogP contribution in [-0.4, -0.2) is 4.98 Å². The van der Waals surface area contributed by atoms with E-state index in [1.807, 2.05) is 53.2 Å². The van der Waals surface area contributed by atoms with Gasteiger partial charge in [0.15, 0.2) is 0 Å². The van der Waals surface area contributed by atoms with Crippen molar-refractivity contribution in [2.75, 3.05) is 0 Å². The predicted octanol–water partition coefficient (Wildman–Crippen LogP) is 7.09. The first-order valence-corrected chi connectivity index (χ1v) is 10.4. The number of hydrogen-bond acceptors (Lipinski definition) is 4. The summed E-state index contributed by atoms with van der Waals surface area (Å²) in [6.45, 7) is 0. The normalized spacial score (nSPS) is 12.5. The average molecular weight is 376 g/mol. The minimum Gasteiger partial charge on any atom is -0.255 e. The van der Waals surface area contributed by atoms with Crippen LogP contribution in [0.4, 0.5) is 0 Å². The molecule has 1 nitrogen and oxygen atoms in total. The van der Waals surface area contributed by atoms with Gasteiger partial charge in [0.05, 0.1) is 10.6 Å². The Hall–Kier alpha value is -2.01. The zero-order valence-electron chi connectivity index (χ0n) is 13.2. The molecule has 0 bridgehead atoms. The molecule has 2 aromatic carbocycles. The molecule has 4 aromatic rings. The fraction of sp³-hybridized carbons (Fsp3) is 0. The van der Waals surface area contributed by atoms with Crippen LogP contribution in [0.2, 0.25) is 0 Å². The maximum atomic E-state index is 4.47. The van der Waals surface area contributed by atoms with Crippen LogP contribution in [0.15, 0.2) is 98.6 Å². The molecule has 0 unspecified atom stereocenters. The molecule has 0 amide bonds. The highest BCUT2D eigenvalue weighted by molar-refractivity contribution is 8.05. The number of thiophene rings is 1. The lowest BCUT2D eigenvalue weighted by atomic mass is 10.2. The Bertz CT molecular complexity index is 1050. The van der Waals surface area contributed by atoms with Gasteiger partial charge in [-0.2, -0.15) is 0 Å². The van der Waals surface area contributed by atoms with Crippen molar-refractivity contribution in [3.8, 4) is 21.0 Å². The third-order valence-corrected chi connectivity index (χ3v) is 7.80. The number of pyridine rings is 1. The monoisotopic (exact) mass is 375 g/mol. The molecule has 0 atom stereocenters. The molecular weight excluding hydrogens is 362 g/mol. The topological polar surface area (TPSA) is 12.9 Å². The second-order valence-corrected chi connectivity index (χ2v) is 8.88. The molecule has 25 heavy (non-hydrogen) atoms. The van der Waals surface area contributed by atoms with Crippen LogP contribution in [-0.2, 0) is 0 Å². The quantitative estimate of drug-likeness (QED) is 0.327. The Morgan fingerprint density at radius 2 is 1.36 bits per heavy atom. The summed E-state index contributed by atoms with van der Waals surface area (Å²) in [7, 11) is 0. The molecule has 4 heteroatoms. The highest BCUT2D eigenvalue weighted by atomic mass is 32.2. The second kappa shape index (κ2) is 6.37. The van der Waals surface area contributed by atoms with Crippen LogP contribution in [0.1, 0.15) is 0 Å². The summed E-state index contributed by atoms with van der Waals surface area (Å²) in [6.07, 6.45) is 1.85. The molecule has 120 valence electrons. The van der Waals surface area contributed by atoms with Gasteiger partial charge in [-0.3, -0.25) is 4.98 Å². The summed E-state index contributed by atoms with van der Waals surface area (Å²) in [5.41, 5.74) is 2.35. The summed E-state index contributed by atoms with van der Waals surface area (Å²) in [5, 5.41) is 0. The average Bonchev–Trinajstić information content (AvgIpc) is 3.16. The molecule has 2 aromatic heterocycles. The molecule has 0 spiro atoms. The largest absolute Gasteiger partial charge is 0.255 e. The second-order valence-electron chi connectivity index (χ2n) is 5.66. The first kappa shape index (κ1) is 15.3. The standard InChI is InChI=1S/C21H13NS3/c1-2-9-19-18(8-1)24-20-10-5-6-14(21(20)25-19)16-11-12-17(23-16)15-7-3-4-13-22-15/h1-13H. The Morgan fingerprint density at radius 1 is 0.600 bits per heavy atom. The zero-order valence-corrected chi connectivity index (χ0v) is 15.6. The van der Waals surface area contributed by atoms with E-state index >= 15 is 0 Å². The van der Waals surface area contributed by atoms with Crippen molar-refractivity contribution in [2.24, 2.45) is 0 Å². The lowest BCUT2D eigenvalue weighted by Gasteiger charge is -2.20. The van der Waals surface area contributed by atoms with E-state index in [-0.39, 0.29) is 0 Å². The number of rotatable bonds is 2. The van der Waals surface area contributed by atoms with Crippen LogP contribution in [0.3, 0.4) is 0 Å². The number of benzene rings is 2. The molecule has 1 aliphatic heterocycles. The van der Waals surface area contributed by atoms with Gasteiger partial charge >= 0.3 is 0 Å². The van der Waals surface area contributed by atoms with Crippen molar-refractivity contribution in [1.29, 1.82) is 0 Å². The van der Waals surface area contributed by atoms with E-state index in [1.165, 1.54) is 34.9 Å². The number of fused-ring (bicyclic) bond motifs is 2. The van der Waals surface area contributed by atoms with Crippen molar-refractivity contribution >= 4 is 34.9 Å².